The molecule has 0 radical (unpaired) electrons. The highest BCUT2D eigenvalue weighted by Crippen LogP contribution is 2.15. The molecule has 32 heavy (non-hydrogen) atoms. The largest absolute Gasteiger partial charge is 0.497 e. The molecule has 8 heteroatoms. The molecular formula is C24H29N7O. The average molecular weight is 432 g/mol. The van der Waals surface area contributed by atoms with Crippen LogP contribution >= 0.6 is 0 Å². The maximum Gasteiger partial charge on any atom is 0.191 e. The van der Waals surface area contributed by atoms with Crippen LogP contribution in [0.1, 0.15) is 22.9 Å². The predicted molar refractivity (Wildman–Crippen MR) is 127 cm³/mol. The quantitative estimate of drug-likeness (QED) is 0.295. The number of aliphatic imine (C=N–C) groups is 1. The molecule has 0 atom stereocenters. The van der Waals surface area contributed by atoms with Crippen molar-refractivity contribution in [1.82, 2.24) is 30.4 Å². The highest BCUT2D eigenvalue weighted by molar-refractivity contribution is 5.81. The van der Waals surface area contributed by atoms with Crippen molar-refractivity contribution < 1.29 is 4.74 Å². The number of H-pyrrole nitrogens is 1. The van der Waals surface area contributed by atoms with Crippen LogP contribution in [0.5, 0.6) is 5.75 Å². The Labute approximate surface area is 187 Å². The van der Waals surface area contributed by atoms with E-state index in [0.29, 0.717) is 13.1 Å². The molecule has 0 saturated carbocycles. The summed E-state index contributed by atoms with van der Waals surface area (Å²) in [5.74, 6) is 3.31. The van der Waals surface area contributed by atoms with Crippen LogP contribution in [0.15, 0.2) is 59.6 Å². The van der Waals surface area contributed by atoms with E-state index in [9.17, 15) is 0 Å². The van der Waals surface area contributed by atoms with E-state index < -0.39 is 0 Å². The molecule has 2 aromatic carbocycles. The van der Waals surface area contributed by atoms with Crippen LogP contribution in [0.3, 0.4) is 0 Å². The minimum Gasteiger partial charge on any atom is -0.497 e. The molecule has 3 N–H and O–H groups in total. The number of hydrogen-bond acceptors (Lipinski definition) is 4. The van der Waals surface area contributed by atoms with Gasteiger partial charge < -0.3 is 24.9 Å². The number of guanidine groups is 1. The molecule has 4 aromatic rings. The van der Waals surface area contributed by atoms with E-state index in [2.05, 4.69) is 50.1 Å². The normalized spacial score (nSPS) is 11.7. The van der Waals surface area contributed by atoms with E-state index in [4.69, 9.17) is 9.73 Å². The van der Waals surface area contributed by atoms with Crippen LogP contribution in [0.4, 0.5) is 0 Å². The maximum absolute atomic E-state index is 5.23. The Morgan fingerprint density at radius 1 is 1.09 bits per heavy atom. The van der Waals surface area contributed by atoms with Crippen molar-refractivity contribution in [3.8, 4) is 5.75 Å². The Bertz CT molecular complexity index is 1160. The number of hydrogen-bond donors (Lipinski definition) is 3. The van der Waals surface area contributed by atoms with Crippen molar-refractivity contribution in [1.29, 1.82) is 0 Å². The highest BCUT2D eigenvalue weighted by Gasteiger charge is 2.07. The second-order valence-corrected chi connectivity index (χ2v) is 7.65. The summed E-state index contributed by atoms with van der Waals surface area (Å²) in [6, 6.07) is 18.5. The number of benzene rings is 2. The first-order valence-electron chi connectivity index (χ1n) is 10.7. The number of aromatic amines is 1. The van der Waals surface area contributed by atoms with Crippen molar-refractivity contribution in [2.75, 3.05) is 13.7 Å². The number of para-hydroxylation sites is 1. The minimum atomic E-state index is 0.540. The number of ether oxygens (including phenoxy) is 1. The zero-order chi connectivity index (χ0) is 22.3. The van der Waals surface area contributed by atoms with Gasteiger partial charge in [0.1, 0.15) is 11.6 Å². The zero-order valence-electron chi connectivity index (χ0n) is 18.7. The lowest BCUT2D eigenvalue weighted by molar-refractivity contribution is 0.414. The monoisotopic (exact) mass is 431 g/mol. The lowest BCUT2D eigenvalue weighted by Gasteiger charge is -2.12. The Morgan fingerprint density at radius 3 is 2.62 bits per heavy atom. The second kappa shape index (κ2) is 10.00. The fraction of sp³-hybridized carbons (Fsp3) is 0.292. The van der Waals surface area contributed by atoms with Crippen LogP contribution in [0, 0.1) is 6.92 Å². The molecule has 0 aliphatic carbocycles. The van der Waals surface area contributed by atoms with Gasteiger partial charge in [0, 0.05) is 31.2 Å². The summed E-state index contributed by atoms with van der Waals surface area (Å²) in [5, 5.41) is 16.4. The fourth-order valence-corrected chi connectivity index (χ4v) is 3.43. The van der Waals surface area contributed by atoms with Gasteiger partial charge in [0.05, 0.1) is 20.2 Å². The van der Waals surface area contributed by atoms with Gasteiger partial charge in [-0.25, -0.2) is 4.99 Å². The predicted octanol–water partition coefficient (Wildman–Crippen LogP) is 3.09. The molecule has 4 rings (SSSR count). The molecule has 2 heterocycles. The summed E-state index contributed by atoms with van der Waals surface area (Å²) < 4.78 is 7.20. The van der Waals surface area contributed by atoms with Gasteiger partial charge in [0.25, 0.3) is 0 Å². The van der Waals surface area contributed by atoms with Crippen LogP contribution in [0.2, 0.25) is 0 Å². The Kier molecular flexibility index (Phi) is 6.69. The third-order valence-corrected chi connectivity index (χ3v) is 5.45. The summed E-state index contributed by atoms with van der Waals surface area (Å²) in [7, 11) is 3.63. The molecule has 0 unspecified atom stereocenters. The van der Waals surface area contributed by atoms with Gasteiger partial charge in [-0.15, -0.1) is 10.2 Å². The van der Waals surface area contributed by atoms with E-state index in [1.165, 1.54) is 11.1 Å². The summed E-state index contributed by atoms with van der Waals surface area (Å²) >= 11 is 0. The summed E-state index contributed by atoms with van der Waals surface area (Å²) in [4.78, 5) is 8.23. The highest BCUT2D eigenvalue weighted by atomic mass is 16.5. The van der Waals surface area contributed by atoms with Gasteiger partial charge in [-0.05, 0) is 42.1 Å². The molecule has 8 nitrogen and oxygen atoms in total. The Hall–Kier alpha value is -3.81. The maximum atomic E-state index is 5.23. The lowest BCUT2D eigenvalue weighted by atomic mass is 10.2. The van der Waals surface area contributed by atoms with Crippen LogP contribution < -0.4 is 15.4 Å². The Balaban J connectivity index is 1.40. The number of methoxy groups -OCH3 is 1. The first kappa shape index (κ1) is 21.4. The van der Waals surface area contributed by atoms with Crippen molar-refractivity contribution in [2.24, 2.45) is 12.0 Å². The first-order chi connectivity index (χ1) is 15.6. The summed E-state index contributed by atoms with van der Waals surface area (Å²) in [5.41, 5.74) is 3.46. The molecule has 0 aliphatic heterocycles. The second-order valence-electron chi connectivity index (χ2n) is 7.65. The van der Waals surface area contributed by atoms with Gasteiger partial charge >= 0.3 is 0 Å². The van der Waals surface area contributed by atoms with Gasteiger partial charge in [0.2, 0.25) is 0 Å². The number of nitrogens with zero attached hydrogens (tertiary/aromatic N) is 4. The van der Waals surface area contributed by atoms with Gasteiger partial charge in [-0.3, -0.25) is 0 Å². The molecule has 2 aromatic heterocycles. The van der Waals surface area contributed by atoms with Crippen molar-refractivity contribution in [3.63, 3.8) is 0 Å². The smallest absolute Gasteiger partial charge is 0.191 e. The molecule has 0 fully saturated rings. The van der Waals surface area contributed by atoms with E-state index in [0.717, 1.165) is 47.4 Å². The fourth-order valence-electron chi connectivity index (χ4n) is 3.43. The van der Waals surface area contributed by atoms with E-state index in [-0.39, 0.29) is 0 Å². The molecule has 166 valence electrons. The van der Waals surface area contributed by atoms with Gasteiger partial charge in [0.15, 0.2) is 11.8 Å². The van der Waals surface area contributed by atoms with Crippen molar-refractivity contribution >= 4 is 16.9 Å². The third-order valence-electron chi connectivity index (χ3n) is 5.45. The SMILES string of the molecule is COc1ccc(CN=C(NCCc2cc3ccccc3[nH]2)NCc2nnc(C)n2C)cc1. The molecule has 0 aliphatic rings. The van der Waals surface area contributed by atoms with Gasteiger partial charge in [-0.1, -0.05) is 30.3 Å². The van der Waals surface area contributed by atoms with Crippen molar-refractivity contribution in [2.45, 2.75) is 26.4 Å². The average Bonchev–Trinajstić information content (AvgIpc) is 3.38. The van der Waals surface area contributed by atoms with E-state index >= 15 is 0 Å². The van der Waals surface area contributed by atoms with E-state index in [1.54, 1.807) is 7.11 Å². The molecule has 0 saturated heterocycles. The summed E-state index contributed by atoms with van der Waals surface area (Å²) in [6.07, 6.45) is 0.862. The standard InChI is InChI=1S/C24H29N7O/c1-17-29-30-23(31(17)2)16-27-24(26-15-18-8-10-21(32-3)11-9-18)25-13-12-20-14-19-6-4-5-7-22(19)28-20/h4-11,14,28H,12-13,15-16H2,1-3H3,(H2,25,26,27). The molecule has 0 spiro atoms. The number of aryl methyl sites for hydroxylation is 1. The third kappa shape index (κ3) is 5.26. The van der Waals surface area contributed by atoms with Crippen LogP contribution in [-0.4, -0.2) is 39.4 Å². The number of fused-ring (bicyclic) bond motifs is 1. The number of nitrogens with one attached hydrogen (secondary N) is 3. The minimum absolute atomic E-state index is 0.540. The summed E-state index contributed by atoms with van der Waals surface area (Å²) in [6.45, 7) is 3.79. The molecule has 0 bridgehead atoms. The van der Waals surface area contributed by atoms with Crippen LogP contribution in [-0.2, 0) is 26.6 Å². The molecule has 0 amide bonds. The zero-order valence-corrected chi connectivity index (χ0v) is 18.7. The van der Waals surface area contributed by atoms with E-state index in [1.807, 2.05) is 48.9 Å². The Morgan fingerprint density at radius 2 is 1.91 bits per heavy atom. The lowest BCUT2D eigenvalue weighted by Crippen LogP contribution is -2.38. The molecular weight excluding hydrogens is 402 g/mol. The number of aromatic nitrogens is 4. The number of rotatable bonds is 8. The first-order valence-corrected chi connectivity index (χ1v) is 10.7. The van der Waals surface area contributed by atoms with Crippen molar-refractivity contribution in [3.05, 3.63) is 77.5 Å². The van der Waals surface area contributed by atoms with Gasteiger partial charge in [-0.2, -0.15) is 0 Å². The van der Waals surface area contributed by atoms with Crippen LogP contribution in [0.25, 0.3) is 10.9 Å². The topological polar surface area (TPSA) is 92.2 Å².